The topological polar surface area (TPSA) is 108 Å². The van der Waals surface area contributed by atoms with Crippen LogP contribution in [0.1, 0.15) is 18.1 Å². The summed E-state index contributed by atoms with van der Waals surface area (Å²) in [6.45, 7) is 1.90. The van der Waals surface area contributed by atoms with Crippen molar-refractivity contribution in [1.82, 2.24) is 9.73 Å². The summed E-state index contributed by atoms with van der Waals surface area (Å²) in [4.78, 5) is 12.7. The van der Waals surface area contributed by atoms with Crippen LogP contribution in [0.15, 0.2) is 87.3 Å². The van der Waals surface area contributed by atoms with Crippen molar-refractivity contribution in [2.45, 2.75) is 18.2 Å². The molecule has 3 aromatic rings. The van der Waals surface area contributed by atoms with Crippen molar-refractivity contribution in [2.75, 3.05) is 19.7 Å². The molecule has 3 rings (SSSR count). The molecule has 0 fully saturated rings. The Balaban J connectivity index is 1.72. The molecule has 0 saturated carbocycles. The molecule has 10 heteroatoms. The van der Waals surface area contributed by atoms with Crippen LogP contribution in [0.2, 0.25) is 0 Å². The lowest BCUT2D eigenvalue weighted by Gasteiger charge is -2.21. The minimum Gasteiger partial charge on any atom is -0.504 e. The zero-order valence-corrected chi connectivity index (χ0v) is 21.5. The van der Waals surface area contributed by atoms with E-state index in [1.54, 1.807) is 31.2 Å². The Morgan fingerprint density at radius 1 is 1.11 bits per heavy atom. The molecule has 0 aliphatic heterocycles. The second-order valence-corrected chi connectivity index (χ2v) is 10.3. The standard InChI is InChI=1S/C25H26BrN3O5S/c1-2-34-24-16-20(8-13-23(24)30)17-27-28-25(31)18-29(15-14-19-6-4-3-5-7-19)35(32,33)22-11-9-21(26)10-12-22/h3-13,16-17,30H,2,14-15,18H2,1H3,(H,28,31)/b27-17-. The average Bonchev–Trinajstić information content (AvgIpc) is 2.84. The third-order valence-corrected chi connectivity index (χ3v) is 7.34. The number of hydrazone groups is 1. The maximum absolute atomic E-state index is 13.3. The molecule has 0 saturated heterocycles. The Labute approximate surface area is 213 Å². The fourth-order valence-electron chi connectivity index (χ4n) is 3.19. The van der Waals surface area contributed by atoms with E-state index in [2.05, 4.69) is 26.5 Å². The molecule has 1 amide bonds. The van der Waals surface area contributed by atoms with Crippen LogP contribution in [0.3, 0.4) is 0 Å². The van der Waals surface area contributed by atoms with E-state index in [0.29, 0.717) is 24.3 Å². The van der Waals surface area contributed by atoms with E-state index >= 15 is 0 Å². The van der Waals surface area contributed by atoms with Crippen molar-refractivity contribution in [3.05, 3.63) is 88.4 Å². The van der Waals surface area contributed by atoms with Crippen molar-refractivity contribution in [3.8, 4) is 11.5 Å². The number of benzene rings is 3. The summed E-state index contributed by atoms with van der Waals surface area (Å²) in [6.07, 6.45) is 1.83. The second-order valence-electron chi connectivity index (χ2n) is 7.48. The number of aromatic hydroxyl groups is 1. The van der Waals surface area contributed by atoms with E-state index in [1.165, 1.54) is 24.4 Å². The zero-order valence-electron chi connectivity index (χ0n) is 19.1. The molecular formula is C25H26BrN3O5S. The third-order valence-electron chi connectivity index (χ3n) is 4.95. The van der Waals surface area contributed by atoms with Crippen molar-refractivity contribution < 1.29 is 23.1 Å². The van der Waals surface area contributed by atoms with E-state index in [9.17, 15) is 18.3 Å². The number of phenolic OH excluding ortho intramolecular Hbond substituents is 1. The van der Waals surface area contributed by atoms with Gasteiger partial charge in [0.05, 0.1) is 24.3 Å². The molecule has 2 N–H and O–H groups in total. The van der Waals surface area contributed by atoms with Gasteiger partial charge in [0.2, 0.25) is 10.0 Å². The maximum atomic E-state index is 13.3. The molecule has 0 atom stereocenters. The van der Waals surface area contributed by atoms with E-state index in [0.717, 1.165) is 14.3 Å². The molecule has 0 heterocycles. The van der Waals surface area contributed by atoms with Gasteiger partial charge in [0.1, 0.15) is 0 Å². The zero-order chi connectivity index (χ0) is 25.3. The highest BCUT2D eigenvalue weighted by Gasteiger charge is 2.26. The first-order chi connectivity index (χ1) is 16.8. The van der Waals surface area contributed by atoms with Gasteiger partial charge in [-0.3, -0.25) is 4.79 Å². The van der Waals surface area contributed by atoms with E-state index in [4.69, 9.17) is 4.74 Å². The fraction of sp³-hybridized carbons (Fsp3) is 0.200. The number of ether oxygens (including phenoxy) is 1. The van der Waals surface area contributed by atoms with Gasteiger partial charge in [-0.25, -0.2) is 13.8 Å². The number of hydrogen-bond donors (Lipinski definition) is 2. The Morgan fingerprint density at radius 2 is 1.83 bits per heavy atom. The molecule has 35 heavy (non-hydrogen) atoms. The molecule has 0 spiro atoms. The summed E-state index contributed by atoms with van der Waals surface area (Å²) < 4.78 is 33.8. The number of phenols is 1. The van der Waals surface area contributed by atoms with Crippen LogP contribution < -0.4 is 10.2 Å². The Morgan fingerprint density at radius 3 is 2.51 bits per heavy atom. The molecule has 0 aliphatic carbocycles. The summed E-state index contributed by atoms with van der Waals surface area (Å²) in [7, 11) is -3.92. The largest absolute Gasteiger partial charge is 0.504 e. The van der Waals surface area contributed by atoms with Crippen LogP contribution in [0.25, 0.3) is 0 Å². The highest BCUT2D eigenvalue weighted by Crippen LogP contribution is 2.26. The number of amides is 1. The third kappa shape index (κ3) is 7.64. The van der Waals surface area contributed by atoms with Crippen LogP contribution in [0.4, 0.5) is 0 Å². The highest BCUT2D eigenvalue weighted by molar-refractivity contribution is 9.10. The summed E-state index contributed by atoms with van der Waals surface area (Å²) >= 11 is 3.31. The van der Waals surface area contributed by atoms with Crippen molar-refractivity contribution in [1.29, 1.82) is 0 Å². The van der Waals surface area contributed by atoms with Crippen LogP contribution in [-0.4, -0.2) is 49.6 Å². The number of halogens is 1. The molecular weight excluding hydrogens is 534 g/mol. The smallest absolute Gasteiger partial charge is 0.255 e. The van der Waals surface area contributed by atoms with Gasteiger partial charge in [-0.2, -0.15) is 9.41 Å². The predicted octanol–water partition coefficient (Wildman–Crippen LogP) is 3.94. The molecule has 0 bridgehead atoms. The van der Waals surface area contributed by atoms with Crippen LogP contribution in [-0.2, 0) is 21.2 Å². The minimum atomic E-state index is -3.92. The summed E-state index contributed by atoms with van der Waals surface area (Å²) in [6, 6.07) is 20.4. The SMILES string of the molecule is CCOc1cc(/C=N\NC(=O)CN(CCc2ccccc2)S(=O)(=O)c2ccc(Br)cc2)ccc1O. The summed E-state index contributed by atoms with van der Waals surface area (Å²) in [5.41, 5.74) is 3.92. The van der Waals surface area contributed by atoms with Gasteiger partial charge in [0.25, 0.3) is 5.91 Å². The quantitative estimate of drug-likeness (QED) is 0.273. The Hall–Kier alpha value is -3.21. The molecule has 0 unspecified atom stereocenters. The van der Waals surface area contributed by atoms with E-state index < -0.39 is 22.5 Å². The Bertz CT molecular complexity index is 1270. The first-order valence-corrected chi connectivity index (χ1v) is 13.1. The highest BCUT2D eigenvalue weighted by atomic mass is 79.9. The van der Waals surface area contributed by atoms with Gasteiger partial charge in [-0.15, -0.1) is 0 Å². The first-order valence-electron chi connectivity index (χ1n) is 10.9. The minimum absolute atomic E-state index is 0.000224. The number of rotatable bonds is 11. The van der Waals surface area contributed by atoms with E-state index in [1.807, 2.05) is 30.3 Å². The monoisotopic (exact) mass is 559 g/mol. The molecule has 0 aliphatic rings. The van der Waals surface area contributed by atoms with Crippen LogP contribution >= 0.6 is 15.9 Å². The average molecular weight is 560 g/mol. The lowest BCUT2D eigenvalue weighted by Crippen LogP contribution is -2.40. The summed E-state index contributed by atoms with van der Waals surface area (Å²) in [5.74, 6) is -0.283. The lowest BCUT2D eigenvalue weighted by molar-refractivity contribution is -0.121. The van der Waals surface area contributed by atoms with E-state index in [-0.39, 0.29) is 17.2 Å². The number of nitrogens with zero attached hydrogens (tertiary/aromatic N) is 2. The van der Waals surface area contributed by atoms with Crippen molar-refractivity contribution in [3.63, 3.8) is 0 Å². The van der Waals surface area contributed by atoms with Gasteiger partial charge in [-0.1, -0.05) is 46.3 Å². The molecule has 3 aromatic carbocycles. The molecule has 0 aromatic heterocycles. The molecule has 0 radical (unpaired) electrons. The fourth-order valence-corrected chi connectivity index (χ4v) is 4.86. The number of sulfonamides is 1. The summed E-state index contributed by atoms with van der Waals surface area (Å²) in [5, 5.41) is 13.7. The molecule has 184 valence electrons. The lowest BCUT2D eigenvalue weighted by atomic mass is 10.1. The Kier molecular flexibility index (Phi) is 9.41. The van der Waals surface area contributed by atoms with Gasteiger partial charge in [-0.05, 0) is 66.9 Å². The number of carbonyl (C=O) groups excluding carboxylic acids is 1. The number of nitrogens with one attached hydrogen (secondary N) is 1. The van der Waals surface area contributed by atoms with Gasteiger partial charge < -0.3 is 9.84 Å². The van der Waals surface area contributed by atoms with Crippen LogP contribution in [0.5, 0.6) is 11.5 Å². The number of carbonyl (C=O) groups is 1. The van der Waals surface area contributed by atoms with Crippen molar-refractivity contribution >= 4 is 38.1 Å². The molecule has 8 nitrogen and oxygen atoms in total. The maximum Gasteiger partial charge on any atom is 0.255 e. The number of hydrogen-bond acceptors (Lipinski definition) is 6. The normalized spacial score (nSPS) is 11.6. The van der Waals surface area contributed by atoms with Crippen molar-refractivity contribution in [2.24, 2.45) is 5.10 Å². The van der Waals surface area contributed by atoms with Gasteiger partial charge in [0.15, 0.2) is 11.5 Å². The van der Waals surface area contributed by atoms with Crippen LogP contribution in [0, 0.1) is 0 Å². The van der Waals surface area contributed by atoms with Gasteiger partial charge >= 0.3 is 0 Å². The predicted molar refractivity (Wildman–Crippen MR) is 138 cm³/mol. The second kappa shape index (κ2) is 12.5. The first kappa shape index (κ1) is 26.4. The van der Waals surface area contributed by atoms with Gasteiger partial charge in [0, 0.05) is 11.0 Å².